The molecule has 0 amide bonds. The maximum absolute atomic E-state index is 12.8. The molecule has 2 aliphatic rings. The average molecular weight is 406 g/mol. The fraction of sp³-hybridized carbons (Fsp3) is 0.500. The van der Waals surface area contributed by atoms with E-state index in [1.807, 2.05) is 0 Å². The van der Waals surface area contributed by atoms with Crippen molar-refractivity contribution in [3.05, 3.63) is 35.4 Å². The van der Waals surface area contributed by atoms with Gasteiger partial charge in [0.25, 0.3) is 0 Å². The van der Waals surface area contributed by atoms with E-state index in [2.05, 4.69) is 4.74 Å². The molecule has 1 unspecified atom stereocenters. The fourth-order valence-electron chi connectivity index (χ4n) is 4.26. The number of aliphatic hydroxyl groups is 1. The van der Waals surface area contributed by atoms with Crippen molar-refractivity contribution in [3.8, 4) is 0 Å². The normalized spacial score (nSPS) is 30.3. The van der Waals surface area contributed by atoms with Crippen molar-refractivity contribution in [3.63, 3.8) is 0 Å². The van der Waals surface area contributed by atoms with E-state index in [-0.39, 0.29) is 25.0 Å². The third-order valence-corrected chi connectivity index (χ3v) is 5.64. The summed E-state index contributed by atoms with van der Waals surface area (Å²) in [5.74, 6) is -3.95. The van der Waals surface area contributed by atoms with Crippen LogP contribution in [0.1, 0.15) is 41.8 Å². The lowest BCUT2D eigenvalue weighted by Gasteiger charge is -2.32. The molecule has 4 atom stereocenters. The van der Waals surface area contributed by atoms with Gasteiger partial charge in [-0.25, -0.2) is 4.79 Å². The molecule has 156 valence electrons. The Morgan fingerprint density at radius 3 is 2.34 bits per heavy atom. The van der Waals surface area contributed by atoms with Gasteiger partial charge in [-0.15, -0.1) is 0 Å². The quantitative estimate of drug-likeness (QED) is 0.432. The SMILES string of the molecule is CCOC(=O)C1C[C@]2(C(=O)OC)C(=O)O[C@H](c3ccc(C(=O)OC)cc3)[C@]2(O)C1. The number of rotatable bonds is 5. The van der Waals surface area contributed by atoms with Gasteiger partial charge in [-0.05, 0) is 37.5 Å². The molecule has 29 heavy (non-hydrogen) atoms. The molecule has 9 nitrogen and oxygen atoms in total. The number of esters is 4. The molecule has 1 aliphatic heterocycles. The van der Waals surface area contributed by atoms with Gasteiger partial charge < -0.3 is 24.1 Å². The van der Waals surface area contributed by atoms with Crippen molar-refractivity contribution < 1.29 is 43.2 Å². The number of fused-ring (bicyclic) bond motifs is 1. The summed E-state index contributed by atoms with van der Waals surface area (Å²) in [6.07, 6.45) is -1.71. The van der Waals surface area contributed by atoms with Crippen molar-refractivity contribution >= 4 is 23.9 Å². The number of methoxy groups -OCH3 is 2. The molecule has 0 bridgehead atoms. The van der Waals surface area contributed by atoms with E-state index in [4.69, 9.17) is 14.2 Å². The summed E-state index contributed by atoms with van der Waals surface area (Å²) < 4.78 is 19.9. The molecule has 1 aromatic rings. The highest BCUT2D eigenvalue weighted by atomic mass is 16.6. The van der Waals surface area contributed by atoms with Gasteiger partial charge in [0.1, 0.15) is 5.60 Å². The van der Waals surface area contributed by atoms with Crippen LogP contribution in [0.5, 0.6) is 0 Å². The Labute approximate surface area is 166 Å². The third kappa shape index (κ3) is 2.96. The minimum atomic E-state index is -2.04. The molecular weight excluding hydrogens is 384 g/mol. The number of hydrogen-bond donors (Lipinski definition) is 1. The Kier molecular flexibility index (Phi) is 5.36. The zero-order valence-electron chi connectivity index (χ0n) is 16.3. The van der Waals surface area contributed by atoms with Crippen LogP contribution in [0.3, 0.4) is 0 Å². The molecule has 1 heterocycles. The number of benzene rings is 1. The van der Waals surface area contributed by atoms with Crippen LogP contribution in [-0.2, 0) is 33.3 Å². The van der Waals surface area contributed by atoms with Gasteiger partial charge in [0.2, 0.25) is 0 Å². The fourth-order valence-corrected chi connectivity index (χ4v) is 4.26. The number of hydrogen-bond acceptors (Lipinski definition) is 9. The number of cyclic esters (lactones) is 1. The molecule has 1 aliphatic carbocycles. The van der Waals surface area contributed by atoms with Gasteiger partial charge >= 0.3 is 23.9 Å². The first-order valence-electron chi connectivity index (χ1n) is 9.12. The summed E-state index contributed by atoms with van der Waals surface area (Å²) in [5, 5.41) is 11.5. The highest BCUT2D eigenvalue weighted by molar-refractivity contribution is 6.05. The van der Waals surface area contributed by atoms with E-state index >= 15 is 0 Å². The average Bonchev–Trinajstić information content (AvgIpc) is 3.16. The van der Waals surface area contributed by atoms with E-state index in [9.17, 15) is 24.3 Å². The molecule has 0 aromatic heterocycles. The lowest BCUT2D eigenvalue weighted by atomic mass is 9.72. The van der Waals surface area contributed by atoms with Crippen molar-refractivity contribution in [2.45, 2.75) is 31.5 Å². The van der Waals surface area contributed by atoms with Crippen LogP contribution in [0.2, 0.25) is 0 Å². The molecule has 1 saturated carbocycles. The first-order chi connectivity index (χ1) is 13.7. The summed E-state index contributed by atoms with van der Waals surface area (Å²) in [5.41, 5.74) is -3.42. The topological polar surface area (TPSA) is 125 Å². The summed E-state index contributed by atoms with van der Waals surface area (Å²) in [6, 6.07) is 5.89. The summed E-state index contributed by atoms with van der Waals surface area (Å²) in [4.78, 5) is 49.3. The second-order valence-corrected chi connectivity index (χ2v) is 7.08. The molecule has 0 spiro atoms. The van der Waals surface area contributed by atoms with Gasteiger partial charge in [-0.3, -0.25) is 14.4 Å². The first kappa shape index (κ1) is 20.8. The summed E-state index contributed by atoms with van der Waals surface area (Å²) in [6.45, 7) is 1.76. The molecule has 1 saturated heterocycles. The largest absolute Gasteiger partial charge is 0.468 e. The number of ether oxygens (including phenoxy) is 4. The van der Waals surface area contributed by atoms with Crippen LogP contribution in [0.25, 0.3) is 0 Å². The molecule has 2 fully saturated rings. The predicted molar refractivity (Wildman–Crippen MR) is 95.4 cm³/mol. The van der Waals surface area contributed by atoms with Crippen LogP contribution >= 0.6 is 0 Å². The van der Waals surface area contributed by atoms with E-state index < -0.39 is 46.9 Å². The lowest BCUT2D eigenvalue weighted by Crippen LogP contribution is -2.51. The molecular formula is C20H22O9. The Balaban J connectivity index is 2.03. The maximum atomic E-state index is 12.8. The van der Waals surface area contributed by atoms with Crippen molar-refractivity contribution in [1.29, 1.82) is 0 Å². The minimum Gasteiger partial charge on any atom is -0.468 e. The van der Waals surface area contributed by atoms with Gasteiger partial charge in [0.05, 0.1) is 32.3 Å². The van der Waals surface area contributed by atoms with E-state index in [1.54, 1.807) is 6.92 Å². The van der Waals surface area contributed by atoms with E-state index in [0.29, 0.717) is 5.56 Å². The molecule has 0 radical (unpaired) electrons. The molecule has 1 aromatic carbocycles. The standard InChI is InChI=1S/C20H22O9/c1-4-28-16(22)13-9-19(17(23)27-3)18(24)29-14(20(19,25)10-13)11-5-7-12(8-6-11)15(21)26-2/h5-8,13-14,25H,4,9-10H2,1-3H3/t13?,14-,19+,20-/m1/s1. The van der Waals surface area contributed by atoms with Crippen LogP contribution in [0, 0.1) is 11.3 Å². The summed E-state index contributed by atoms with van der Waals surface area (Å²) >= 11 is 0. The maximum Gasteiger partial charge on any atom is 0.337 e. The van der Waals surface area contributed by atoms with Gasteiger partial charge in [-0.2, -0.15) is 0 Å². The Morgan fingerprint density at radius 1 is 1.14 bits per heavy atom. The molecule has 1 N–H and O–H groups in total. The van der Waals surface area contributed by atoms with Gasteiger partial charge in [0, 0.05) is 0 Å². The van der Waals surface area contributed by atoms with Crippen molar-refractivity contribution in [2.75, 3.05) is 20.8 Å². The summed E-state index contributed by atoms with van der Waals surface area (Å²) in [7, 11) is 2.34. The second-order valence-electron chi connectivity index (χ2n) is 7.08. The Morgan fingerprint density at radius 2 is 1.79 bits per heavy atom. The lowest BCUT2D eigenvalue weighted by molar-refractivity contribution is -0.169. The van der Waals surface area contributed by atoms with Crippen LogP contribution in [-0.4, -0.2) is 55.4 Å². The first-order valence-corrected chi connectivity index (χ1v) is 9.12. The molecule has 3 rings (SSSR count). The second kappa shape index (κ2) is 7.47. The van der Waals surface area contributed by atoms with E-state index in [1.165, 1.54) is 31.4 Å². The van der Waals surface area contributed by atoms with Crippen LogP contribution < -0.4 is 0 Å². The van der Waals surface area contributed by atoms with Gasteiger partial charge in [-0.1, -0.05) is 12.1 Å². The van der Waals surface area contributed by atoms with Crippen LogP contribution in [0.15, 0.2) is 24.3 Å². The van der Waals surface area contributed by atoms with E-state index in [0.717, 1.165) is 7.11 Å². The number of carbonyl (C=O) groups is 4. The third-order valence-electron chi connectivity index (χ3n) is 5.64. The van der Waals surface area contributed by atoms with Crippen LogP contribution in [0.4, 0.5) is 0 Å². The smallest absolute Gasteiger partial charge is 0.337 e. The highest BCUT2D eigenvalue weighted by Crippen LogP contribution is 2.62. The predicted octanol–water partition coefficient (Wildman–Crippen LogP) is 0.935. The monoisotopic (exact) mass is 406 g/mol. The number of carbonyl (C=O) groups excluding carboxylic acids is 4. The Hall–Kier alpha value is -2.94. The molecule has 9 heteroatoms. The highest BCUT2D eigenvalue weighted by Gasteiger charge is 2.77. The zero-order valence-corrected chi connectivity index (χ0v) is 16.3. The zero-order chi connectivity index (χ0) is 21.4. The van der Waals surface area contributed by atoms with Crippen molar-refractivity contribution in [1.82, 2.24) is 0 Å². The minimum absolute atomic E-state index is 0.127. The Bertz CT molecular complexity index is 846. The van der Waals surface area contributed by atoms with Crippen molar-refractivity contribution in [2.24, 2.45) is 11.3 Å². The van der Waals surface area contributed by atoms with Gasteiger partial charge in [0.15, 0.2) is 11.5 Å².